The number of benzene rings is 2. The SMILES string of the molecule is O=C(Nc1nnc(S(=O)(=O)NCc2ccccc2Cl)s1)c1ccccc1. The lowest BCUT2D eigenvalue weighted by Gasteiger charge is -2.05. The Kier molecular flexibility index (Phi) is 5.62. The molecule has 10 heteroatoms. The highest BCUT2D eigenvalue weighted by molar-refractivity contribution is 7.91. The second-order valence-corrected chi connectivity index (χ2v) is 8.43. The van der Waals surface area contributed by atoms with Gasteiger partial charge in [-0.25, -0.2) is 13.1 Å². The Morgan fingerprint density at radius 2 is 1.73 bits per heavy atom. The Morgan fingerprint density at radius 1 is 1.04 bits per heavy atom. The summed E-state index contributed by atoms with van der Waals surface area (Å²) in [5.74, 6) is -0.394. The van der Waals surface area contributed by atoms with Crippen molar-refractivity contribution in [1.29, 1.82) is 0 Å². The molecule has 1 amide bonds. The van der Waals surface area contributed by atoms with E-state index in [-0.39, 0.29) is 16.0 Å². The minimum atomic E-state index is -3.87. The number of carbonyl (C=O) groups is 1. The molecular weight excluding hydrogens is 396 g/mol. The van der Waals surface area contributed by atoms with Gasteiger partial charge in [0.2, 0.25) is 9.47 Å². The molecule has 26 heavy (non-hydrogen) atoms. The molecule has 0 saturated heterocycles. The number of nitrogens with one attached hydrogen (secondary N) is 2. The molecule has 0 saturated carbocycles. The first-order chi connectivity index (χ1) is 12.5. The molecule has 2 N–H and O–H groups in total. The average molecular weight is 409 g/mol. The molecule has 0 bridgehead atoms. The number of carbonyl (C=O) groups excluding carboxylic acids is 1. The number of sulfonamides is 1. The first-order valence-electron chi connectivity index (χ1n) is 7.39. The molecule has 134 valence electrons. The summed E-state index contributed by atoms with van der Waals surface area (Å²) in [7, 11) is -3.87. The molecule has 1 aromatic heterocycles. The molecule has 2 aromatic carbocycles. The van der Waals surface area contributed by atoms with Gasteiger partial charge in [0.25, 0.3) is 15.9 Å². The van der Waals surface area contributed by atoms with E-state index in [2.05, 4.69) is 20.2 Å². The third kappa shape index (κ3) is 4.44. The van der Waals surface area contributed by atoms with E-state index in [4.69, 9.17) is 11.6 Å². The number of aromatic nitrogens is 2. The number of anilines is 1. The Hall–Kier alpha value is -2.33. The quantitative estimate of drug-likeness (QED) is 0.610. The zero-order valence-electron chi connectivity index (χ0n) is 13.2. The molecule has 3 aromatic rings. The van der Waals surface area contributed by atoms with E-state index in [1.54, 1.807) is 54.6 Å². The van der Waals surface area contributed by atoms with Crippen LogP contribution in [0.3, 0.4) is 0 Å². The van der Waals surface area contributed by atoms with Crippen LogP contribution in [0, 0.1) is 0 Å². The van der Waals surface area contributed by atoms with E-state index in [0.29, 0.717) is 16.1 Å². The summed E-state index contributed by atoms with van der Waals surface area (Å²) >= 11 is 6.78. The summed E-state index contributed by atoms with van der Waals surface area (Å²) in [6.45, 7) is 0.0211. The van der Waals surface area contributed by atoms with Crippen molar-refractivity contribution in [1.82, 2.24) is 14.9 Å². The van der Waals surface area contributed by atoms with Gasteiger partial charge in [0, 0.05) is 17.1 Å². The Bertz CT molecular complexity index is 1020. The predicted molar refractivity (Wildman–Crippen MR) is 99.8 cm³/mol. The van der Waals surface area contributed by atoms with Crippen molar-refractivity contribution in [3.63, 3.8) is 0 Å². The Labute approximate surface area is 159 Å². The van der Waals surface area contributed by atoms with E-state index in [1.165, 1.54) is 0 Å². The van der Waals surface area contributed by atoms with Gasteiger partial charge < -0.3 is 0 Å². The van der Waals surface area contributed by atoms with Gasteiger partial charge in [-0.1, -0.05) is 59.3 Å². The molecule has 7 nitrogen and oxygen atoms in total. The van der Waals surface area contributed by atoms with Crippen LogP contribution in [0.15, 0.2) is 58.9 Å². The fraction of sp³-hybridized carbons (Fsp3) is 0.0625. The van der Waals surface area contributed by atoms with Crippen molar-refractivity contribution in [3.05, 3.63) is 70.7 Å². The number of amides is 1. The highest BCUT2D eigenvalue weighted by Gasteiger charge is 2.21. The van der Waals surface area contributed by atoms with Crippen LogP contribution in [0.25, 0.3) is 0 Å². The molecule has 3 rings (SSSR count). The monoisotopic (exact) mass is 408 g/mol. The third-order valence-corrected chi connectivity index (χ3v) is 6.28. The lowest BCUT2D eigenvalue weighted by atomic mass is 10.2. The summed E-state index contributed by atoms with van der Waals surface area (Å²) in [6.07, 6.45) is 0. The third-order valence-electron chi connectivity index (χ3n) is 3.30. The van der Waals surface area contributed by atoms with E-state index < -0.39 is 15.9 Å². The fourth-order valence-electron chi connectivity index (χ4n) is 2.00. The molecular formula is C16H13ClN4O3S2. The highest BCUT2D eigenvalue weighted by atomic mass is 35.5. The van der Waals surface area contributed by atoms with Crippen LogP contribution in [0.4, 0.5) is 5.13 Å². The summed E-state index contributed by atoms with van der Waals surface area (Å²) in [4.78, 5) is 12.1. The molecule has 0 aliphatic heterocycles. The van der Waals surface area contributed by atoms with Crippen molar-refractivity contribution in [2.24, 2.45) is 0 Å². The van der Waals surface area contributed by atoms with Crippen molar-refractivity contribution < 1.29 is 13.2 Å². The van der Waals surface area contributed by atoms with Gasteiger partial charge in [-0.2, -0.15) is 0 Å². The van der Waals surface area contributed by atoms with Gasteiger partial charge in [0.05, 0.1) is 0 Å². The summed E-state index contributed by atoms with van der Waals surface area (Å²) in [5.41, 5.74) is 1.07. The van der Waals surface area contributed by atoms with Crippen molar-refractivity contribution in [3.8, 4) is 0 Å². The average Bonchev–Trinajstić information content (AvgIpc) is 3.11. The maximum atomic E-state index is 12.3. The highest BCUT2D eigenvalue weighted by Crippen LogP contribution is 2.21. The van der Waals surface area contributed by atoms with E-state index in [9.17, 15) is 13.2 Å². The standard InChI is InChI=1S/C16H13ClN4O3S2/c17-13-9-5-4-8-12(13)10-18-26(23,24)16-21-20-15(25-16)19-14(22)11-6-2-1-3-7-11/h1-9,18H,10H2,(H,19,20,22). The molecule has 0 atom stereocenters. The predicted octanol–water partition coefficient (Wildman–Crippen LogP) is 2.92. The number of halogens is 1. The van der Waals surface area contributed by atoms with E-state index >= 15 is 0 Å². The second-order valence-electron chi connectivity index (χ2n) is 5.11. The number of rotatable bonds is 6. The lowest BCUT2D eigenvalue weighted by Crippen LogP contribution is -2.23. The Balaban J connectivity index is 1.68. The minimum absolute atomic E-state index is 0.0211. The fourth-order valence-corrected chi connectivity index (χ4v) is 4.15. The van der Waals surface area contributed by atoms with Crippen LogP contribution in [-0.2, 0) is 16.6 Å². The van der Waals surface area contributed by atoms with Crippen LogP contribution in [0.5, 0.6) is 0 Å². The van der Waals surface area contributed by atoms with Crippen LogP contribution in [-0.4, -0.2) is 24.5 Å². The summed E-state index contributed by atoms with van der Waals surface area (Å²) in [6, 6.07) is 15.4. The number of hydrogen-bond donors (Lipinski definition) is 2. The summed E-state index contributed by atoms with van der Waals surface area (Å²) in [5, 5.41) is 10.4. The van der Waals surface area contributed by atoms with Crippen molar-refractivity contribution in [2.75, 3.05) is 5.32 Å². The molecule has 0 aliphatic rings. The van der Waals surface area contributed by atoms with E-state index in [0.717, 1.165) is 11.3 Å². The maximum absolute atomic E-state index is 12.3. The minimum Gasteiger partial charge on any atom is -0.296 e. The van der Waals surface area contributed by atoms with E-state index in [1.807, 2.05) is 0 Å². The van der Waals surface area contributed by atoms with Crippen LogP contribution in [0.1, 0.15) is 15.9 Å². The molecule has 0 radical (unpaired) electrons. The first kappa shape index (κ1) is 18.5. The lowest BCUT2D eigenvalue weighted by molar-refractivity contribution is 0.102. The summed E-state index contributed by atoms with van der Waals surface area (Å²) < 4.78 is 26.8. The molecule has 0 spiro atoms. The van der Waals surface area contributed by atoms with Gasteiger partial charge in [0.15, 0.2) is 0 Å². The smallest absolute Gasteiger partial charge is 0.270 e. The first-order valence-corrected chi connectivity index (χ1v) is 10.1. The van der Waals surface area contributed by atoms with Crippen LogP contribution < -0.4 is 10.0 Å². The van der Waals surface area contributed by atoms with Crippen molar-refractivity contribution in [2.45, 2.75) is 10.9 Å². The molecule has 1 heterocycles. The molecule has 0 fully saturated rings. The van der Waals surface area contributed by atoms with Crippen molar-refractivity contribution >= 4 is 44.0 Å². The second kappa shape index (κ2) is 7.92. The Morgan fingerprint density at radius 3 is 2.46 bits per heavy atom. The zero-order valence-corrected chi connectivity index (χ0v) is 15.6. The van der Waals surface area contributed by atoms with Gasteiger partial charge in [-0.05, 0) is 23.8 Å². The van der Waals surface area contributed by atoms with Gasteiger partial charge in [-0.3, -0.25) is 10.1 Å². The van der Waals surface area contributed by atoms with Gasteiger partial charge >= 0.3 is 0 Å². The molecule has 0 aliphatic carbocycles. The number of hydrogen-bond acceptors (Lipinski definition) is 6. The normalized spacial score (nSPS) is 11.3. The zero-order chi connectivity index (χ0) is 18.6. The molecule has 0 unspecified atom stereocenters. The van der Waals surface area contributed by atoms with Crippen LogP contribution in [0.2, 0.25) is 5.02 Å². The largest absolute Gasteiger partial charge is 0.296 e. The topological polar surface area (TPSA) is 101 Å². The van der Waals surface area contributed by atoms with Crippen LogP contribution >= 0.6 is 22.9 Å². The maximum Gasteiger partial charge on any atom is 0.270 e. The number of nitrogens with zero attached hydrogens (tertiary/aromatic N) is 2. The van der Waals surface area contributed by atoms with Gasteiger partial charge in [-0.15, -0.1) is 10.2 Å². The van der Waals surface area contributed by atoms with Gasteiger partial charge in [0.1, 0.15) is 0 Å².